The maximum Gasteiger partial charge on any atom is 0.267 e. The number of nitrogens with one attached hydrogen (secondary N) is 1. The molecule has 1 aliphatic heterocycles. The number of amides is 1. The molecule has 3 heteroatoms. The number of carbonyl (C=O) groups is 1. The lowest BCUT2D eigenvalue weighted by atomic mass is 10.2. The van der Waals surface area contributed by atoms with Crippen molar-refractivity contribution in [1.29, 1.82) is 5.41 Å². The summed E-state index contributed by atoms with van der Waals surface area (Å²) in [5.74, 6) is -0.110. The van der Waals surface area contributed by atoms with Gasteiger partial charge >= 0.3 is 0 Å². The molecule has 0 aromatic heterocycles. The highest BCUT2D eigenvalue weighted by atomic mass is 16.2. The third kappa shape index (κ3) is 1.09. The number of nitrogens with zero attached hydrogens (tertiary/aromatic N) is 1. The molecule has 1 rings (SSSR count). The zero-order chi connectivity index (χ0) is 6.85. The van der Waals surface area contributed by atoms with Crippen LogP contribution in [0.2, 0.25) is 0 Å². The highest BCUT2D eigenvalue weighted by Crippen LogP contribution is 2.05. The molecule has 1 N–H and O–H groups in total. The zero-order valence-corrected chi connectivity index (χ0v) is 5.48. The van der Waals surface area contributed by atoms with Crippen LogP contribution in [0.15, 0.2) is 0 Å². The minimum atomic E-state index is -0.110. The Morgan fingerprint density at radius 1 is 1.56 bits per heavy atom. The van der Waals surface area contributed by atoms with Crippen molar-refractivity contribution >= 4 is 11.6 Å². The van der Waals surface area contributed by atoms with Gasteiger partial charge in [0.25, 0.3) is 5.91 Å². The van der Waals surface area contributed by atoms with Crippen molar-refractivity contribution in [3.05, 3.63) is 0 Å². The lowest BCUT2D eigenvalue weighted by Crippen LogP contribution is -2.44. The number of hydrogen-bond acceptors (Lipinski definition) is 2. The minimum Gasteiger partial charge on any atom is -0.337 e. The van der Waals surface area contributed by atoms with Gasteiger partial charge in [0, 0.05) is 13.1 Å². The van der Waals surface area contributed by atoms with Gasteiger partial charge in [-0.15, -0.1) is 0 Å². The fourth-order valence-corrected chi connectivity index (χ4v) is 0.756. The number of rotatable bonds is 1. The van der Waals surface area contributed by atoms with Crippen LogP contribution in [0.1, 0.15) is 13.3 Å². The highest BCUT2D eigenvalue weighted by Gasteiger charge is 2.20. The second-order valence-corrected chi connectivity index (χ2v) is 2.27. The fraction of sp³-hybridized carbons (Fsp3) is 0.667. The van der Waals surface area contributed by atoms with Crippen molar-refractivity contribution in [2.75, 3.05) is 13.1 Å². The van der Waals surface area contributed by atoms with E-state index in [2.05, 4.69) is 0 Å². The minimum absolute atomic E-state index is 0.110. The molecule has 1 amide bonds. The molecule has 0 bridgehead atoms. The Balaban J connectivity index is 2.42. The third-order valence-electron chi connectivity index (χ3n) is 1.46. The summed E-state index contributed by atoms with van der Waals surface area (Å²) in [6, 6.07) is 0. The molecule has 0 aliphatic carbocycles. The van der Waals surface area contributed by atoms with Crippen LogP contribution in [0, 0.1) is 5.41 Å². The normalized spacial score (nSPS) is 16.8. The molecule has 50 valence electrons. The summed E-state index contributed by atoms with van der Waals surface area (Å²) in [6.45, 7) is 3.21. The van der Waals surface area contributed by atoms with E-state index in [4.69, 9.17) is 5.41 Å². The van der Waals surface area contributed by atoms with Gasteiger partial charge in [0.15, 0.2) is 0 Å². The first-order valence-corrected chi connectivity index (χ1v) is 3.06. The Hall–Kier alpha value is -0.860. The topological polar surface area (TPSA) is 44.2 Å². The molecule has 1 saturated heterocycles. The van der Waals surface area contributed by atoms with Gasteiger partial charge < -0.3 is 4.90 Å². The average molecular weight is 126 g/mol. The first-order valence-electron chi connectivity index (χ1n) is 3.06. The van der Waals surface area contributed by atoms with E-state index >= 15 is 0 Å². The summed E-state index contributed by atoms with van der Waals surface area (Å²) in [5.41, 5.74) is 0.148. The molecule has 1 aliphatic rings. The Morgan fingerprint density at radius 3 is 2.22 bits per heavy atom. The molecule has 1 heterocycles. The van der Waals surface area contributed by atoms with Gasteiger partial charge in [-0.1, -0.05) is 0 Å². The fourth-order valence-electron chi connectivity index (χ4n) is 0.756. The molecular formula is C6H10N2O. The molecule has 9 heavy (non-hydrogen) atoms. The van der Waals surface area contributed by atoms with Crippen molar-refractivity contribution in [3.63, 3.8) is 0 Å². The molecule has 0 aromatic carbocycles. The molecule has 0 radical (unpaired) electrons. The molecule has 1 fully saturated rings. The lowest BCUT2D eigenvalue weighted by molar-refractivity contribution is -0.127. The first-order chi connectivity index (χ1) is 4.22. The summed E-state index contributed by atoms with van der Waals surface area (Å²) in [4.78, 5) is 12.5. The SMILES string of the molecule is CC(=N)C(=O)N1CCC1. The maximum absolute atomic E-state index is 10.8. The number of carbonyl (C=O) groups excluding carboxylic acids is 1. The van der Waals surface area contributed by atoms with Crippen LogP contribution in [-0.2, 0) is 4.79 Å². The van der Waals surface area contributed by atoms with Crippen LogP contribution in [0.5, 0.6) is 0 Å². The van der Waals surface area contributed by atoms with Gasteiger partial charge in [-0.05, 0) is 13.3 Å². The number of hydrogen-bond donors (Lipinski definition) is 1. The van der Waals surface area contributed by atoms with Crippen LogP contribution < -0.4 is 0 Å². The van der Waals surface area contributed by atoms with E-state index in [1.807, 2.05) is 0 Å². The van der Waals surface area contributed by atoms with Gasteiger partial charge in [0.05, 0.1) is 5.71 Å². The second kappa shape index (κ2) is 2.17. The van der Waals surface area contributed by atoms with E-state index in [-0.39, 0.29) is 11.6 Å². The standard InChI is InChI=1S/C6H10N2O/c1-5(7)6(9)8-3-2-4-8/h7H,2-4H2,1H3. The van der Waals surface area contributed by atoms with Gasteiger partial charge in [-0.3, -0.25) is 10.2 Å². The molecular weight excluding hydrogens is 116 g/mol. The van der Waals surface area contributed by atoms with Gasteiger partial charge in [0.1, 0.15) is 0 Å². The zero-order valence-electron chi connectivity index (χ0n) is 5.48. The van der Waals surface area contributed by atoms with Crippen LogP contribution >= 0.6 is 0 Å². The van der Waals surface area contributed by atoms with Crippen molar-refractivity contribution in [3.8, 4) is 0 Å². The molecule has 0 spiro atoms. The predicted octanol–water partition coefficient (Wildman–Crippen LogP) is 0.258. The van der Waals surface area contributed by atoms with Crippen molar-refractivity contribution in [2.45, 2.75) is 13.3 Å². The quantitative estimate of drug-likeness (QED) is 0.503. The van der Waals surface area contributed by atoms with Crippen molar-refractivity contribution in [1.82, 2.24) is 4.90 Å². The van der Waals surface area contributed by atoms with Crippen LogP contribution in [0.25, 0.3) is 0 Å². The summed E-state index contributed by atoms with van der Waals surface area (Å²) in [6.07, 6.45) is 1.10. The molecule has 3 nitrogen and oxygen atoms in total. The van der Waals surface area contributed by atoms with Crippen LogP contribution in [0.4, 0.5) is 0 Å². The monoisotopic (exact) mass is 126 g/mol. The smallest absolute Gasteiger partial charge is 0.267 e. The Bertz CT molecular complexity index is 149. The van der Waals surface area contributed by atoms with E-state index in [9.17, 15) is 4.79 Å². The Labute approximate surface area is 54.2 Å². The highest BCUT2D eigenvalue weighted by molar-refractivity contribution is 6.36. The second-order valence-electron chi connectivity index (χ2n) is 2.27. The summed E-state index contributed by atoms with van der Waals surface area (Å²) < 4.78 is 0. The summed E-state index contributed by atoms with van der Waals surface area (Å²) >= 11 is 0. The predicted molar refractivity (Wildman–Crippen MR) is 34.6 cm³/mol. The molecule has 0 aromatic rings. The maximum atomic E-state index is 10.8. The van der Waals surface area contributed by atoms with E-state index in [1.165, 1.54) is 6.92 Å². The van der Waals surface area contributed by atoms with E-state index < -0.39 is 0 Å². The molecule has 0 atom stereocenters. The van der Waals surface area contributed by atoms with E-state index in [0.717, 1.165) is 19.5 Å². The first kappa shape index (κ1) is 6.26. The number of likely N-dealkylation sites (tertiary alicyclic amines) is 1. The third-order valence-corrected chi connectivity index (χ3v) is 1.46. The largest absolute Gasteiger partial charge is 0.337 e. The van der Waals surface area contributed by atoms with Crippen molar-refractivity contribution < 1.29 is 4.79 Å². The van der Waals surface area contributed by atoms with Crippen LogP contribution in [0.3, 0.4) is 0 Å². The molecule has 0 unspecified atom stereocenters. The van der Waals surface area contributed by atoms with E-state index in [0.29, 0.717) is 0 Å². The summed E-state index contributed by atoms with van der Waals surface area (Å²) in [5, 5.41) is 6.98. The van der Waals surface area contributed by atoms with E-state index in [1.54, 1.807) is 4.90 Å². The summed E-state index contributed by atoms with van der Waals surface area (Å²) in [7, 11) is 0. The average Bonchev–Trinajstić information content (AvgIpc) is 1.60. The lowest BCUT2D eigenvalue weighted by Gasteiger charge is -2.30. The van der Waals surface area contributed by atoms with Gasteiger partial charge in [0.2, 0.25) is 0 Å². The van der Waals surface area contributed by atoms with Gasteiger partial charge in [-0.2, -0.15) is 0 Å². The van der Waals surface area contributed by atoms with Crippen molar-refractivity contribution in [2.24, 2.45) is 0 Å². The van der Waals surface area contributed by atoms with Crippen LogP contribution in [-0.4, -0.2) is 29.6 Å². The Kier molecular flexibility index (Phi) is 1.51. The Morgan fingerprint density at radius 2 is 2.11 bits per heavy atom. The van der Waals surface area contributed by atoms with Gasteiger partial charge in [-0.25, -0.2) is 0 Å². The molecule has 0 saturated carbocycles.